The molecular formula is C18H13F2N3O3. The molecule has 0 fully saturated rings. The summed E-state index contributed by atoms with van der Waals surface area (Å²) in [7, 11) is 0. The molecule has 3 aromatic rings. The molecule has 0 bridgehead atoms. The van der Waals surface area contributed by atoms with Crippen LogP contribution in [0.2, 0.25) is 0 Å². The van der Waals surface area contributed by atoms with Crippen molar-refractivity contribution < 1.29 is 18.4 Å². The highest BCUT2D eigenvalue weighted by Gasteiger charge is 2.16. The predicted octanol–water partition coefficient (Wildman–Crippen LogP) is 3.02. The Hall–Kier alpha value is -3.55. The van der Waals surface area contributed by atoms with E-state index in [1.807, 2.05) is 0 Å². The number of amides is 2. The van der Waals surface area contributed by atoms with Gasteiger partial charge < -0.3 is 15.6 Å². The minimum Gasteiger partial charge on any atom is -0.360 e. The van der Waals surface area contributed by atoms with Gasteiger partial charge in [-0.25, -0.2) is 8.78 Å². The van der Waals surface area contributed by atoms with Crippen LogP contribution in [0.25, 0.3) is 10.9 Å². The molecule has 8 heteroatoms. The maximum atomic E-state index is 13.9. The van der Waals surface area contributed by atoms with Crippen LogP contribution in [0, 0.1) is 11.6 Å². The second-order valence-corrected chi connectivity index (χ2v) is 5.55. The Morgan fingerprint density at radius 2 is 1.62 bits per heavy atom. The highest BCUT2D eigenvalue weighted by molar-refractivity contribution is 6.05. The van der Waals surface area contributed by atoms with Crippen molar-refractivity contribution in [2.75, 3.05) is 10.6 Å². The lowest BCUT2D eigenvalue weighted by atomic mass is 10.1. The fraction of sp³-hybridized carbons (Fsp3) is 0.0556. The zero-order valence-electron chi connectivity index (χ0n) is 13.5. The summed E-state index contributed by atoms with van der Waals surface area (Å²) in [6.07, 6.45) is 1.10. The van der Waals surface area contributed by atoms with Gasteiger partial charge in [0.1, 0.15) is 17.2 Å². The van der Waals surface area contributed by atoms with Gasteiger partial charge in [0.2, 0.25) is 11.3 Å². The monoisotopic (exact) mass is 357 g/mol. The first-order valence-corrected chi connectivity index (χ1v) is 7.54. The number of anilines is 2. The molecule has 2 amide bonds. The molecule has 0 spiro atoms. The number of carbonyl (C=O) groups excluding carboxylic acids is 2. The Morgan fingerprint density at radius 1 is 1.00 bits per heavy atom. The van der Waals surface area contributed by atoms with Gasteiger partial charge in [0.25, 0.3) is 5.91 Å². The van der Waals surface area contributed by atoms with Crippen LogP contribution in [-0.2, 0) is 4.79 Å². The predicted molar refractivity (Wildman–Crippen MR) is 93.2 cm³/mol. The Kier molecular flexibility index (Phi) is 4.49. The molecular weight excluding hydrogens is 344 g/mol. The third-order valence-corrected chi connectivity index (χ3v) is 3.61. The Bertz CT molecular complexity index is 1080. The summed E-state index contributed by atoms with van der Waals surface area (Å²) in [5, 5.41) is 4.70. The number of aromatic nitrogens is 1. The zero-order valence-corrected chi connectivity index (χ0v) is 13.5. The van der Waals surface area contributed by atoms with Crippen LogP contribution < -0.4 is 16.1 Å². The van der Waals surface area contributed by atoms with E-state index >= 15 is 0 Å². The van der Waals surface area contributed by atoms with E-state index in [1.54, 1.807) is 12.1 Å². The molecule has 26 heavy (non-hydrogen) atoms. The summed E-state index contributed by atoms with van der Waals surface area (Å²) in [6, 6.07) is 7.78. The van der Waals surface area contributed by atoms with Crippen molar-refractivity contribution in [3.8, 4) is 0 Å². The van der Waals surface area contributed by atoms with E-state index in [0.29, 0.717) is 17.4 Å². The second-order valence-electron chi connectivity index (χ2n) is 5.55. The van der Waals surface area contributed by atoms with Crippen molar-refractivity contribution >= 4 is 34.1 Å². The summed E-state index contributed by atoms with van der Waals surface area (Å²) in [5.41, 5.74) is -0.271. The van der Waals surface area contributed by atoms with Gasteiger partial charge in [0.05, 0.1) is 10.9 Å². The summed E-state index contributed by atoms with van der Waals surface area (Å²) >= 11 is 0. The summed E-state index contributed by atoms with van der Waals surface area (Å²) in [5.74, 6) is -2.86. The van der Waals surface area contributed by atoms with Gasteiger partial charge in [-0.15, -0.1) is 0 Å². The van der Waals surface area contributed by atoms with Gasteiger partial charge >= 0.3 is 0 Å². The number of H-pyrrole nitrogens is 1. The van der Waals surface area contributed by atoms with Gasteiger partial charge in [0.15, 0.2) is 0 Å². The SMILES string of the molecule is CC(=O)Nc1ccc(NC(=O)c2c[nH]c3cc(F)cc(F)c3c2=O)cc1. The molecule has 0 aliphatic rings. The topological polar surface area (TPSA) is 91.1 Å². The third-order valence-electron chi connectivity index (χ3n) is 3.61. The van der Waals surface area contributed by atoms with Crippen molar-refractivity contribution in [1.29, 1.82) is 0 Å². The molecule has 0 radical (unpaired) electrons. The lowest BCUT2D eigenvalue weighted by Crippen LogP contribution is -2.22. The van der Waals surface area contributed by atoms with Crippen LogP contribution >= 0.6 is 0 Å². The lowest BCUT2D eigenvalue weighted by Gasteiger charge is -2.08. The fourth-order valence-corrected chi connectivity index (χ4v) is 2.48. The van der Waals surface area contributed by atoms with Crippen LogP contribution in [0.5, 0.6) is 0 Å². The van der Waals surface area contributed by atoms with Gasteiger partial charge in [-0.3, -0.25) is 14.4 Å². The number of aromatic amines is 1. The molecule has 1 aromatic heterocycles. The van der Waals surface area contributed by atoms with E-state index < -0.39 is 23.0 Å². The number of halogens is 2. The standard InChI is InChI=1S/C18H13F2N3O3/c1-9(24)22-11-2-4-12(5-3-11)23-18(26)13-8-21-15-7-10(19)6-14(20)16(15)17(13)25/h2-8H,1H3,(H,21,25)(H,22,24)(H,23,26). The van der Waals surface area contributed by atoms with Crippen molar-refractivity contribution in [2.45, 2.75) is 6.92 Å². The normalized spacial score (nSPS) is 10.6. The van der Waals surface area contributed by atoms with Crippen molar-refractivity contribution in [3.05, 3.63) is 70.0 Å². The van der Waals surface area contributed by atoms with E-state index in [0.717, 1.165) is 12.3 Å². The van der Waals surface area contributed by atoms with Crippen LogP contribution in [-0.4, -0.2) is 16.8 Å². The van der Waals surface area contributed by atoms with Crippen molar-refractivity contribution in [2.24, 2.45) is 0 Å². The van der Waals surface area contributed by atoms with Crippen LogP contribution in [0.4, 0.5) is 20.2 Å². The van der Waals surface area contributed by atoms with Crippen LogP contribution in [0.15, 0.2) is 47.4 Å². The first-order chi connectivity index (χ1) is 12.3. The minimum absolute atomic E-state index is 0.0382. The number of pyridine rings is 1. The van der Waals surface area contributed by atoms with E-state index in [2.05, 4.69) is 15.6 Å². The number of nitrogens with one attached hydrogen (secondary N) is 3. The lowest BCUT2D eigenvalue weighted by molar-refractivity contribution is -0.114. The van der Waals surface area contributed by atoms with E-state index in [-0.39, 0.29) is 22.4 Å². The zero-order chi connectivity index (χ0) is 18.8. The number of hydrogen-bond acceptors (Lipinski definition) is 3. The van der Waals surface area contributed by atoms with Gasteiger partial charge in [0, 0.05) is 30.6 Å². The molecule has 0 saturated heterocycles. The average Bonchev–Trinajstić information content (AvgIpc) is 2.55. The molecule has 6 nitrogen and oxygen atoms in total. The number of hydrogen-bond donors (Lipinski definition) is 3. The third kappa shape index (κ3) is 3.44. The average molecular weight is 357 g/mol. The molecule has 132 valence electrons. The molecule has 0 atom stereocenters. The van der Waals surface area contributed by atoms with Gasteiger partial charge in [-0.05, 0) is 30.3 Å². The largest absolute Gasteiger partial charge is 0.360 e. The minimum atomic E-state index is -1.05. The number of fused-ring (bicyclic) bond motifs is 1. The smallest absolute Gasteiger partial charge is 0.261 e. The highest BCUT2D eigenvalue weighted by Crippen LogP contribution is 2.17. The summed E-state index contributed by atoms with van der Waals surface area (Å²) in [6.45, 7) is 1.37. The highest BCUT2D eigenvalue weighted by atomic mass is 19.1. The van der Waals surface area contributed by atoms with Crippen LogP contribution in [0.1, 0.15) is 17.3 Å². The Labute approximate surface area is 145 Å². The van der Waals surface area contributed by atoms with Crippen molar-refractivity contribution in [1.82, 2.24) is 4.98 Å². The molecule has 0 saturated carbocycles. The maximum Gasteiger partial charge on any atom is 0.261 e. The van der Waals surface area contributed by atoms with Crippen LogP contribution in [0.3, 0.4) is 0 Å². The Balaban J connectivity index is 1.89. The number of rotatable bonds is 3. The van der Waals surface area contributed by atoms with Crippen molar-refractivity contribution in [3.63, 3.8) is 0 Å². The van der Waals surface area contributed by atoms with E-state index in [9.17, 15) is 23.2 Å². The number of carbonyl (C=O) groups is 2. The Morgan fingerprint density at radius 3 is 2.23 bits per heavy atom. The fourth-order valence-electron chi connectivity index (χ4n) is 2.48. The molecule has 3 N–H and O–H groups in total. The summed E-state index contributed by atoms with van der Waals surface area (Å²) in [4.78, 5) is 38.2. The van der Waals surface area contributed by atoms with Gasteiger partial charge in [-0.1, -0.05) is 0 Å². The number of benzene rings is 2. The van der Waals surface area contributed by atoms with E-state index in [4.69, 9.17) is 0 Å². The van der Waals surface area contributed by atoms with E-state index in [1.165, 1.54) is 19.1 Å². The summed E-state index contributed by atoms with van der Waals surface area (Å²) < 4.78 is 27.1. The second kappa shape index (κ2) is 6.75. The first-order valence-electron chi connectivity index (χ1n) is 7.54. The molecule has 2 aromatic carbocycles. The van der Waals surface area contributed by atoms with Gasteiger partial charge in [-0.2, -0.15) is 0 Å². The molecule has 0 aliphatic heterocycles. The first kappa shape index (κ1) is 17.3. The quantitative estimate of drug-likeness (QED) is 0.673. The molecule has 3 rings (SSSR count). The molecule has 0 unspecified atom stereocenters. The molecule has 1 heterocycles. The molecule has 0 aliphatic carbocycles. The maximum absolute atomic E-state index is 13.9.